The lowest BCUT2D eigenvalue weighted by atomic mass is 9.94. The molecule has 2 aromatic heterocycles. The topological polar surface area (TPSA) is 90.7 Å². The molecule has 1 N–H and O–H groups in total. The van der Waals surface area contributed by atoms with Crippen LogP contribution in [0.25, 0.3) is 11.0 Å². The summed E-state index contributed by atoms with van der Waals surface area (Å²) in [6, 6.07) is 1.60. The fourth-order valence-electron chi connectivity index (χ4n) is 3.60. The van der Waals surface area contributed by atoms with Gasteiger partial charge in [-0.05, 0) is 49.9 Å². The SMILES string of the molecule is CCOC(=O)c1cn([C@H](CCC(C)(C)[Si](C)(C)O)C(C)C)c2cc(Cl)c(OC)nc2c1=O. The Morgan fingerprint density at radius 3 is 2.47 bits per heavy atom. The number of ether oxygens (including phenoxy) is 2. The van der Waals surface area contributed by atoms with Crippen LogP contribution in [0.1, 0.15) is 63.9 Å². The number of hydrogen-bond donors (Lipinski definition) is 1. The molecule has 32 heavy (non-hydrogen) atoms. The summed E-state index contributed by atoms with van der Waals surface area (Å²) in [6.45, 7) is 14.1. The average molecular weight is 483 g/mol. The smallest absolute Gasteiger partial charge is 0.343 e. The molecule has 0 aliphatic carbocycles. The molecule has 2 aromatic rings. The van der Waals surface area contributed by atoms with E-state index in [1.807, 2.05) is 17.7 Å². The first kappa shape index (κ1) is 26.4. The molecule has 0 fully saturated rings. The molecule has 178 valence electrons. The number of pyridine rings is 2. The van der Waals surface area contributed by atoms with E-state index in [4.69, 9.17) is 21.1 Å². The summed E-state index contributed by atoms with van der Waals surface area (Å²) in [5.74, 6) is -0.384. The van der Waals surface area contributed by atoms with Crippen molar-refractivity contribution in [2.24, 2.45) is 5.92 Å². The van der Waals surface area contributed by atoms with Gasteiger partial charge in [-0.15, -0.1) is 0 Å². The summed E-state index contributed by atoms with van der Waals surface area (Å²) in [4.78, 5) is 40.7. The van der Waals surface area contributed by atoms with E-state index in [-0.39, 0.29) is 45.6 Å². The molecule has 0 aliphatic rings. The summed E-state index contributed by atoms with van der Waals surface area (Å²) in [6.07, 6.45) is 3.09. The van der Waals surface area contributed by atoms with Crippen molar-refractivity contribution in [2.45, 2.75) is 71.6 Å². The lowest BCUT2D eigenvalue weighted by Crippen LogP contribution is -2.39. The van der Waals surface area contributed by atoms with E-state index in [9.17, 15) is 14.4 Å². The minimum absolute atomic E-state index is 0.0619. The van der Waals surface area contributed by atoms with Crippen LogP contribution < -0.4 is 10.2 Å². The molecule has 0 radical (unpaired) electrons. The number of fused-ring (bicyclic) bond motifs is 1. The quantitative estimate of drug-likeness (QED) is 0.390. The van der Waals surface area contributed by atoms with Crippen LogP contribution >= 0.6 is 11.6 Å². The fraction of sp³-hybridized carbons (Fsp3) is 0.609. The van der Waals surface area contributed by atoms with Crippen molar-refractivity contribution in [1.82, 2.24) is 9.55 Å². The van der Waals surface area contributed by atoms with Gasteiger partial charge in [0, 0.05) is 12.2 Å². The van der Waals surface area contributed by atoms with Crippen LogP contribution in [0.4, 0.5) is 0 Å². The highest BCUT2D eigenvalue weighted by Crippen LogP contribution is 2.43. The zero-order valence-corrected chi connectivity index (χ0v) is 22.0. The molecule has 9 heteroatoms. The Kier molecular flexibility index (Phi) is 8.18. The highest BCUT2D eigenvalue weighted by Gasteiger charge is 2.38. The van der Waals surface area contributed by atoms with Crippen molar-refractivity contribution in [1.29, 1.82) is 0 Å². The molecule has 2 heterocycles. The lowest BCUT2D eigenvalue weighted by molar-refractivity contribution is 0.0523. The highest BCUT2D eigenvalue weighted by atomic mass is 35.5. The van der Waals surface area contributed by atoms with Crippen molar-refractivity contribution in [3.8, 4) is 5.88 Å². The van der Waals surface area contributed by atoms with Gasteiger partial charge < -0.3 is 18.8 Å². The summed E-state index contributed by atoms with van der Waals surface area (Å²) in [7, 11) is -0.970. The largest absolute Gasteiger partial charge is 0.480 e. The van der Waals surface area contributed by atoms with E-state index >= 15 is 0 Å². The Hall–Kier alpha value is -1.90. The molecule has 0 saturated heterocycles. The molecule has 0 bridgehead atoms. The van der Waals surface area contributed by atoms with E-state index in [0.29, 0.717) is 5.52 Å². The number of nitrogens with zero attached hydrogens (tertiary/aromatic N) is 2. The Bertz CT molecular complexity index is 1040. The lowest BCUT2D eigenvalue weighted by Gasteiger charge is -2.37. The van der Waals surface area contributed by atoms with Gasteiger partial charge in [-0.2, -0.15) is 0 Å². The molecule has 1 atom stereocenters. The molecule has 2 rings (SSSR count). The minimum Gasteiger partial charge on any atom is -0.480 e. The maximum atomic E-state index is 13.1. The molecule has 0 unspecified atom stereocenters. The summed E-state index contributed by atoms with van der Waals surface area (Å²) >= 11 is 6.35. The number of carbonyl (C=O) groups is 1. The number of rotatable bonds is 9. The van der Waals surface area contributed by atoms with Gasteiger partial charge in [-0.1, -0.05) is 39.3 Å². The van der Waals surface area contributed by atoms with Gasteiger partial charge in [-0.3, -0.25) is 4.79 Å². The molecule has 7 nitrogen and oxygen atoms in total. The predicted octanol–water partition coefficient (Wildman–Crippen LogP) is 5.19. The third kappa shape index (κ3) is 5.35. The predicted molar refractivity (Wildman–Crippen MR) is 130 cm³/mol. The molecule has 0 amide bonds. The van der Waals surface area contributed by atoms with Gasteiger partial charge >= 0.3 is 5.97 Å². The number of hydrogen-bond acceptors (Lipinski definition) is 6. The van der Waals surface area contributed by atoms with Crippen LogP contribution in [0.3, 0.4) is 0 Å². The fourth-order valence-corrected chi connectivity index (χ4v) is 4.58. The summed E-state index contributed by atoms with van der Waals surface area (Å²) in [5.41, 5.74) is 0.0545. The van der Waals surface area contributed by atoms with Crippen LogP contribution in [0.2, 0.25) is 23.2 Å². The Morgan fingerprint density at radius 2 is 1.97 bits per heavy atom. The van der Waals surface area contributed by atoms with Gasteiger partial charge in [0.2, 0.25) is 11.3 Å². The Morgan fingerprint density at radius 1 is 1.34 bits per heavy atom. The van der Waals surface area contributed by atoms with Crippen LogP contribution in [0, 0.1) is 5.92 Å². The minimum atomic E-state index is -2.39. The number of methoxy groups -OCH3 is 1. The number of aromatic nitrogens is 2. The number of halogens is 1. The third-order valence-electron chi connectivity index (χ3n) is 6.47. The van der Waals surface area contributed by atoms with Gasteiger partial charge in [0.25, 0.3) is 0 Å². The van der Waals surface area contributed by atoms with E-state index in [0.717, 1.165) is 12.8 Å². The first-order valence-corrected chi connectivity index (χ1v) is 14.3. The van der Waals surface area contributed by atoms with Crippen LogP contribution in [0.5, 0.6) is 5.88 Å². The zero-order chi connectivity index (χ0) is 24.4. The molecule has 0 saturated carbocycles. The second-order valence-electron chi connectivity index (χ2n) is 9.64. The van der Waals surface area contributed by atoms with Crippen LogP contribution in [-0.2, 0) is 4.74 Å². The van der Waals surface area contributed by atoms with E-state index in [2.05, 4.69) is 32.7 Å². The first-order valence-electron chi connectivity index (χ1n) is 10.9. The van der Waals surface area contributed by atoms with E-state index < -0.39 is 19.7 Å². The van der Waals surface area contributed by atoms with Crippen LogP contribution in [0.15, 0.2) is 17.1 Å². The molecule has 0 aliphatic heterocycles. The van der Waals surface area contributed by atoms with Crippen molar-refractivity contribution in [3.05, 3.63) is 33.1 Å². The van der Waals surface area contributed by atoms with Crippen molar-refractivity contribution in [2.75, 3.05) is 13.7 Å². The monoisotopic (exact) mass is 482 g/mol. The maximum absolute atomic E-state index is 13.1. The molecule has 0 aromatic carbocycles. The van der Waals surface area contributed by atoms with Crippen molar-refractivity contribution >= 4 is 36.9 Å². The normalized spacial score (nSPS) is 13.5. The molecular formula is C23H35ClN2O5Si. The second kappa shape index (κ2) is 9.93. The van der Waals surface area contributed by atoms with E-state index in [1.54, 1.807) is 19.2 Å². The van der Waals surface area contributed by atoms with Crippen molar-refractivity contribution in [3.63, 3.8) is 0 Å². The Labute approximate surface area is 195 Å². The van der Waals surface area contributed by atoms with Gasteiger partial charge in [0.05, 0.1) is 19.2 Å². The summed E-state index contributed by atoms with van der Waals surface area (Å²) < 4.78 is 12.2. The second-order valence-corrected chi connectivity index (χ2v) is 14.5. The van der Waals surface area contributed by atoms with Gasteiger partial charge in [0.1, 0.15) is 16.1 Å². The van der Waals surface area contributed by atoms with Gasteiger partial charge in [-0.25, -0.2) is 9.78 Å². The van der Waals surface area contributed by atoms with Crippen LogP contribution in [-0.4, -0.2) is 42.4 Å². The van der Waals surface area contributed by atoms with Gasteiger partial charge in [0.15, 0.2) is 8.32 Å². The average Bonchev–Trinajstić information content (AvgIpc) is 2.68. The van der Waals surface area contributed by atoms with Crippen molar-refractivity contribution < 1.29 is 19.1 Å². The molecule has 0 spiro atoms. The number of esters is 1. The number of carbonyl (C=O) groups excluding carboxylic acids is 1. The maximum Gasteiger partial charge on any atom is 0.343 e. The third-order valence-corrected chi connectivity index (χ3v) is 10.3. The molecular weight excluding hydrogens is 448 g/mol. The first-order chi connectivity index (χ1) is 14.7. The standard InChI is InChI=1S/C23H35ClN2O5Si/c1-9-31-22(28)15-13-26(17(14(2)3)10-11-23(4,5)32(7,8)29)18-12-16(24)21(30-6)25-19(18)20(15)27/h12-14,17,29H,9-11H2,1-8H3/t17-/m1/s1. The summed E-state index contributed by atoms with van der Waals surface area (Å²) in [5, 5.41) is 0.0710. The zero-order valence-electron chi connectivity index (χ0n) is 20.3. The Balaban J connectivity index is 2.74. The highest BCUT2D eigenvalue weighted by molar-refractivity contribution is 6.72. The van der Waals surface area contributed by atoms with E-state index in [1.165, 1.54) is 7.11 Å².